The molecule has 2 aromatic heterocycles. The molecule has 3 heterocycles. The molecule has 2 amide bonds. The van der Waals surface area contributed by atoms with Crippen LogP contribution in [0.25, 0.3) is 15.9 Å². The Kier molecular flexibility index (Phi) is 4.82. The molecule has 6 nitrogen and oxygen atoms in total. The molecule has 31 heavy (non-hydrogen) atoms. The highest BCUT2D eigenvalue weighted by Crippen LogP contribution is 2.33. The second kappa shape index (κ2) is 7.67. The first kappa shape index (κ1) is 19.5. The van der Waals surface area contributed by atoms with Gasteiger partial charge in [0.05, 0.1) is 16.3 Å². The summed E-state index contributed by atoms with van der Waals surface area (Å²) < 4.78 is 1.89. The van der Waals surface area contributed by atoms with Crippen molar-refractivity contribution in [2.24, 2.45) is 0 Å². The zero-order valence-corrected chi connectivity index (χ0v) is 18.2. The van der Waals surface area contributed by atoms with Gasteiger partial charge in [0.2, 0.25) is 5.91 Å². The van der Waals surface area contributed by atoms with Crippen molar-refractivity contribution < 1.29 is 9.59 Å². The number of fused-ring (bicyclic) bond motifs is 2. The summed E-state index contributed by atoms with van der Waals surface area (Å²) in [7, 11) is 0. The molecule has 0 atom stereocenters. The number of aromatic nitrogens is 2. The van der Waals surface area contributed by atoms with E-state index in [-0.39, 0.29) is 11.8 Å². The van der Waals surface area contributed by atoms with Gasteiger partial charge in [-0.25, -0.2) is 4.68 Å². The lowest BCUT2D eigenvalue weighted by atomic mass is 10.1. The third-order valence-corrected chi connectivity index (χ3v) is 6.71. The molecule has 5 rings (SSSR count). The Morgan fingerprint density at radius 2 is 1.94 bits per heavy atom. The van der Waals surface area contributed by atoms with Crippen LogP contribution in [0.3, 0.4) is 0 Å². The molecule has 0 aliphatic carbocycles. The molecule has 0 unspecified atom stereocenters. The zero-order valence-electron chi connectivity index (χ0n) is 17.4. The Balaban J connectivity index is 1.41. The average Bonchev–Trinajstić information content (AvgIpc) is 3.48. The van der Waals surface area contributed by atoms with Crippen molar-refractivity contribution in [1.82, 2.24) is 9.78 Å². The van der Waals surface area contributed by atoms with E-state index in [0.29, 0.717) is 17.8 Å². The smallest absolute Gasteiger partial charge is 0.265 e. The van der Waals surface area contributed by atoms with Crippen LogP contribution in [0, 0.1) is 6.92 Å². The van der Waals surface area contributed by atoms with Crippen molar-refractivity contribution in [2.45, 2.75) is 26.7 Å². The Morgan fingerprint density at radius 3 is 2.71 bits per heavy atom. The van der Waals surface area contributed by atoms with Gasteiger partial charge in [-0.1, -0.05) is 25.1 Å². The molecule has 0 fully saturated rings. The van der Waals surface area contributed by atoms with Gasteiger partial charge in [0, 0.05) is 29.7 Å². The van der Waals surface area contributed by atoms with Crippen LogP contribution in [-0.2, 0) is 11.2 Å². The van der Waals surface area contributed by atoms with Gasteiger partial charge in [0.15, 0.2) is 0 Å². The van der Waals surface area contributed by atoms with Gasteiger partial charge in [-0.3, -0.25) is 9.59 Å². The monoisotopic (exact) mass is 430 g/mol. The van der Waals surface area contributed by atoms with Crippen LogP contribution >= 0.6 is 11.3 Å². The molecule has 4 aromatic rings. The fraction of sp³-hybridized carbons (Fsp3) is 0.208. The van der Waals surface area contributed by atoms with Crippen molar-refractivity contribution in [2.75, 3.05) is 16.8 Å². The normalized spacial score (nSPS) is 12.9. The number of hydrogen-bond donors (Lipinski definition) is 1. The van der Waals surface area contributed by atoms with Crippen molar-refractivity contribution in [3.63, 3.8) is 0 Å². The molecular weight excluding hydrogens is 408 g/mol. The maximum absolute atomic E-state index is 13.0. The minimum absolute atomic E-state index is 0.128. The maximum atomic E-state index is 13.0. The number of para-hydroxylation sites is 1. The molecular formula is C24H22N4O2S. The minimum Gasteiger partial charge on any atom is -0.321 e. The summed E-state index contributed by atoms with van der Waals surface area (Å²) in [6.07, 6.45) is 1.30. The number of carbonyl (C=O) groups is 2. The lowest BCUT2D eigenvalue weighted by molar-refractivity contribution is -0.118. The molecule has 0 spiro atoms. The average molecular weight is 431 g/mol. The van der Waals surface area contributed by atoms with Gasteiger partial charge in [-0.15, -0.1) is 11.3 Å². The molecule has 1 aliphatic rings. The molecule has 2 aromatic carbocycles. The molecule has 156 valence electrons. The van der Waals surface area contributed by atoms with Gasteiger partial charge < -0.3 is 10.2 Å². The number of nitrogens with one attached hydrogen (secondary N) is 1. The van der Waals surface area contributed by atoms with Crippen LogP contribution in [0.4, 0.5) is 11.4 Å². The molecule has 1 N–H and O–H groups in total. The fourth-order valence-electron chi connectivity index (χ4n) is 4.03. The highest BCUT2D eigenvalue weighted by atomic mass is 32.1. The molecule has 0 bridgehead atoms. The number of nitrogens with zero attached hydrogens (tertiary/aromatic N) is 3. The first-order valence-corrected chi connectivity index (χ1v) is 11.2. The first-order chi connectivity index (χ1) is 15.0. The van der Waals surface area contributed by atoms with Gasteiger partial charge >= 0.3 is 0 Å². The van der Waals surface area contributed by atoms with E-state index in [9.17, 15) is 9.59 Å². The summed E-state index contributed by atoms with van der Waals surface area (Å²) in [5.74, 6) is -0.0108. The summed E-state index contributed by atoms with van der Waals surface area (Å²) in [4.78, 5) is 28.5. The van der Waals surface area contributed by atoms with Gasteiger partial charge in [-0.05, 0) is 55.3 Å². The van der Waals surface area contributed by atoms with E-state index in [2.05, 4.69) is 10.4 Å². The topological polar surface area (TPSA) is 67.2 Å². The Labute approximate surface area is 184 Å². The van der Waals surface area contributed by atoms with Crippen molar-refractivity contribution in [3.8, 4) is 5.69 Å². The number of rotatable bonds is 4. The molecule has 0 saturated carbocycles. The van der Waals surface area contributed by atoms with E-state index in [0.717, 1.165) is 45.0 Å². The number of hydrogen-bond acceptors (Lipinski definition) is 4. The Morgan fingerprint density at radius 1 is 1.13 bits per heavy atom. The Bertz CT molecular complexity index is 1310. The summed E-state index contributed by atoms with van der Waals surface area (Å²) in [6.45, 7) is 4.53. The predicted molar refractivity (Wildman–Crippen MR) is 124 cm³/mol. The van der Waals surface area contributed by atoms with E-state index in [4.69, 9.17) is 0 Å². The number of benzene rings is 2. The maximum Gasteiger partial charge on any atom is 0.265 e. The van der Waals surface area contributed by atoms with E-state index in [1.807, 2.05) is 78.0 Å². The predicted octanol–water partition coefficient (Wildman–Crippen LogP) is 4.95. The van der Waals surface area contributed by atoms with E-state index in [1.54, 1.807) is 0 Å². The largest absolute Gasteiger partial charge is 0.321 e. The summed E-state index contributed by atoms with van der Waals surface area (Å²) in [5, 5.41) is 8.64. The number of thiophene rings is 1. The van der Waals surface area contributed by atoms with Crippen LogP contribution in [0.1, 0.15) is 34.3 Å². The van der Waals surface area contributed by atoms with Gasteiger partial charge in [0.25, 0.3) is 5.91 Å². The van der Waals surface area contributed by atoms with Crippen molar-refractivity contribution in [3.05, 3.63) is 70.7 Å². The lowest BCUT2D eigenvalue weighted by Crippen LogP contribution is -2.27. The summed E-state index contributed by atoms with van der Waals surface area (Å²) in [6, 6.07) is 17.6. The van der Waals surface area contributed by atoms with Crippen LogP contribution in [0.15, 0.2) is 54.6 Å². The van der Waals surface area contributed by atoms with Crippen molar-refractivity contribution in [1.29, 1.82) is 0 Å². The molecule has 1 aliphatic heterocycles. The summed E-state index contributed by atoms with van der Waals surface area (Å²) in [5.41, 5.74) is 4.65. The highest BCUT2D eigenvalue weighted by molar-refractivity contribution is 7.20. The SMILES string of the molecule is CCC(=O)N1CCc2cc(NC(=O)c3cc4c(C)nn(-c5ccccc5)c4s3)ccc21. The molecule has 0 saturated heterocycles. The van der Waals surface area contributed by atoms with Crippen LogP contribution in [-0.4, -0.2) is 28.1 Å². The minimum atomic E-state index is -0.139. The van der Waals surface area contributed by atoms with Gasteiger partial charge in [0.1, 0.15) is 4.83 Å². The zero-order chi connectivity index (χ0) is 21.5. The third-order valence-electron chi connectivity index (χ3n) is 5.61. The Hall–Kier alpha value is -3.45. The van der Waals surface area contributed by atoms with Crippen LogP contribution in [0.2, 0.25) is 0 Å². The number of aryl methyl sites for hydroxylation is 1. The fourth-order valence-corrected chi connectivity index (χ4v) is 5.10. The number of anilines is 2. The molecule has 0 radical (unpaired) electrons. The number of carbonyl (C=O) groups excluding carboxylic acids is 2. The first-order valence-electron chi connectivity index (χ1n) is 10.3. The van der Waals surface area contributed by atoms with Crippen molar-refractivity contribution >= 4 is 44.7 Å². The second-order valence-corrected chi connectivity index (χ2v) is 8.64. The summed E-state index contributed by atoms with van der Waals surface area (Å²) >= 11 is 1.44. The van der Waals surface area contributed by atoms with E-state index >= 15 is 0 Å². The highest BCUT2D eigenvalue weighted by Gasteiger charge is 2.24. The third kappa shape index (κ3) is 3.41. The lowest BCUT2D eigenvalue weighted by Gasteiger charge is -2.16. The standard InChI is InChI=1S/C24H22N4O2S/c1-3-22(29)27-12-11-16-13-17(9-10-20(16)27)25-23(30)21-14-19-15(2)26-28(24(19)31-21)18-7-5-4-6-8-18/h4-10,13-14H,3,11-12H2,1-2H3,(H,25,30). The number of amides is 2. The quantitative estimate of drug-likeness (QED) is 0.498. The second-order valence-electron chi connectivity index (χ2n) is 7.61. The van der Waals surface area contributed by atoms with Crippen LogP contribution in [0.5, 0.6) is 0 Å². The van der Waals surface area contributed by atoms with E-state index < -0.39 is 0 Å². The molecule has 7 heteroatoms. The van der Waals surface area contributed by atoms with Gasteiger partial charge in [-0.2, -0.15) is 5.10 Å². The van der Waals surface area contributed by atoms with Crippen LogP contribution < -0.4 is 10.2 Å². The van der Waals surface area contributed by atoms with E-state index in [1.165, 1.54) is 11.3 Å².